The smallest absolute Gasteiger partial charge is 0.323 e. The van der Waals surface area contributed by atoms with Crippen molar-refractivity contribution < 1.29 is 9.59 Å². The van der Waals surface area contributed by atoms with Gasteiger partial charge >= 0.3 is 6.03 Å². The molecule has 0 aromatic heterocycles. The molecule has 0 saturated carbocycles. The van der Waals surface area contributed by atoms with E-state index in [1.807, 2.05) is 26.0 Å². The maximum Gasteiger partial charge on any atom is 0.323 e. The molecule has 0 aliphatic heterocycles. The van der Waals surface area contributed by atoms with E-state index in [0.29, 0.717) is 31.8 Å². The van der Waals surface area contributed by atoms with Crippen molar-refractivity contribution in [2.24, 2.45) is 0 Å². The molecule has 212 valence electrons. The Hall–Kier alpha value is -3.58. The maximum absolute atomic E-state index is 12.8. The Labute approximate surface area is 243 Å². The highest BCUT2D eigenvalue weighted by molar-refractivity contribution is 7.98. The van der Waals surface area contributed by atoms with Crippen LogP contribution in [0.4, 0.5) is 4.79 Å². The number of benzene rings is 3. The molecule has 0 bridgehead atoms. The summed E-state index contributed by atoms with van der Waals surface area (Å²) < 4.78 is 2.84. The molecule has 3 rings (SSSR count). The number of hydrogen-bond acceptors (Lipinski definition) is 4. The largest absolute Gasteiger partial charge is 0.334 e. The van der Waals surface area contributed by atoms with Gasteiger partial charge in [-0.1, -0.05) is 88.4 Å². The van der Waals surface area contributed by atoms with Crippen molar-refractivity contribution in [1.29, 1.82) is 5.41 Å². The van der Waals surface area contributed by atoms with Gasteiger partial charge in [0.2, 0.25) is 5.91 Å². The molecule has 6 nitrogen and oxygen atoms in total. The van der Waals surface area contributed by atoms with E-state index in [1.54, 1.807) is 0 Å². The first-order valence-electron chi connectivity index (χ1n) is 14.0. The Balaban J connectivity index is 1.47. The van der Waals surface area contributed by atoms with Crippen LogP contribution in [0.5, 0.6) is 0 Å². The minimum Gasteiger partial charge on any atom is -0.334 e. The number of carbonyl (C=O) groups excluding carboxylic acids is 2. The van der Waals surface area contributed by atoms with Gasteiger partial charge in [0.05, 0.1) is 0 Å². The van der Waals surface area contributed by atoms with Gasteiger partial charge in [-0.15, -0.1) is 0 Å². The lowest BCUT2D eigenvalue weighted by Gasteiger charge is -2.22. The fourth-order valence-electron chi connectivity index (χ4n) is 4.24. The zero-order valence-electron chi connectivity index (χ0n) is 24.3. The molecular weight excluding hydrogens is 516 g/mol. The third-order valence-corrected chi connectivity index (χ3v) is 7.57. The minimum atomic E-state index is -0.230. The summed E-state index contributed by atoms with van der Waals surface area (Å²) in [6, 6.07) is 24.7. The van der Waals surface area contributed by atoms with Gasteiger partial charge < -0.3 is 5.32 Å². The molecule has 3 N–H and O–H groups in total. The van der Waals surface area contributed by atoms with Crippen LogP contribution in [0.1, 0.15) is 70.6 Å². The molecule has 0 aliphatic carbocycles. The van der Waals surface area contributed by atoms with Crippen LogP contribution in [0, 0.1) is 5.41 Å². The summed E-state index contributed by atoms with van der Waals surface area (Å²) in [6.07, 6.45) is 2.62. The van der Waals surface area contributed by atoms with Crippen LogP contribution in [-0.4, -0.2) is 29.2 Å². The number of carbonyl (C=O) groups is 2. The summed E-state index contributed by atoms with van der Waals surface area (Å²) in [5, 5.41) is 11.5. The van der Waals surface area contributed by atoms with Crippen molar-refractivity contribution in [1.82, 2.24) is 14.9 Å². The van der Waals surface area contributed by atoms with Crippen molar-refractivity contribution in [3.63, 3.8) is 0 Å². The Morgan fingerprint density at radius 2 is 1.57 bits per heavy atom. The maximum atomic E-state index is 12.8. The summed E-state index contributed by atoms with van der Waals surface area (Å²) >= 11 is 1.34. The number of hydrogen-bond donors (Lipinski definition) is 3. The summed E-state index contributed by atoms with van der Waals surface area (Å²) in [4.78, 5) is 26.8. The topological polar surface area (TPSA) is 85.3 Å². The SMILES string of the molecule is CCC(=O)NSc1cccc(-c2ccc(CCCC(=N)N(CC)C(=O)NCc3ccc(C(C)(C)C)cc3)cc2)c1. The highest BCUT2D eigenvalue weighted by Crippen LogP contribution is 2.25. The normalized spacial score (nSPS) is 11.1. The summed E-state index contributed by atoms with van der Waals surface area (Å²) in [5.74, 6) is 0.349. The number of rotatable bonds is 11. The number of nitrogens with one attached hydrogen (secondary N) is 3. The molecule has 3 aromatic carbocycles. The van der Waals surface area contributed by atoms with Gasteiger partial charge in [-0.05, 0) is 77.1 Å². The highest BCUT2D eigenvalue weighted by atomic mass is 32.2. The van der Waals surface area contributed by atoms with Gasteiger partial charge in [0.25, 0.3) is 0 Å². The first-order chi connectivity index (χ1) is 19.1. The molecule has 7 heteroatoms. The second-order valence-corrected chi connectivity index (χ2v) is 11.7. The van der Waals surface area contributed by atoms with E-state index in [0.717, 1.165) is 34.4 Å². The third kappa shape index (κ3) is 9.26. The first kappa shape index (κ1) is 31.0. The molecule has 3 amide bonds. The van der Waals surface area contributed by atoms with Gasteiger partial charge in [-0.2, -0.15) is 0 Å². The average Bonchev–Trinajstić information content (AvgIpc) is 2.95. The van der Waals surface area contributed by atoms with Gasteiger partial charge in [0, 0.05) is 30.8 Å². The molecular formula is C33H42N4O2S. The predicted molar refractivity (Wildman–Crippen MR) is 167 cm³/mol. The average molecular weight is 559 g/mol. The number of nitrogens with zero attached hydrogens (tertiary/aromatic N) is 1. The van der Waals surface area contributed by atoms with E-state index < -0.39 is 0 Å². The molecule has 0 spiro atoms. The summed E-state index contributed by atoms with van der Waals surface area (Å²) in [7, 11) is 0. The summed E-state index contributed by atoms with van der Waals surface area (Å²) in [5.41, 5.74) is 5.81. The highest BCUT2D eigenvalue weighted by Gasteiger charge is 2.17. The fourth-order valence-corrected chi connectivity index (χ4v) is 4.95. The Kier molecular flexibility index (Phi) is 11.4. The van der Waals surface area contributed by atoms with Crippen LogP contribution in [0.2, 0.25) is 0 Å². The number of amidine groups is 1. The van der Waals surface area contributed by atoms with Crippen molar-refractivity contribution in [2.45, 2.75) is 77.2 Å². The Morgan fingerprint density at radius 1 is 0.900 bits per heavy atom. The molecule has 0 fully saturated rings. The number of urea groups is 1. The molecule has 40 heavy (non-hydrogen) atoms. The van der Waals surface area contributed by atoms with E-state index in [2.05, 4.69) is 91.5 Å². The molecule has 3 aromatic rings. The van der Waals surface area contributed by atoms with Crippen LogP contribution < -0.4 is 10.0 Å². The van der Waals surface area contributed by atoms with Crippen LogP contribution in [0.3, 0.4) is 0 Å². The lowest BCUT2D eigenvalue weighted by Crippen LogP contribution is -2.43. The quantitative estimate of drug-likeness (QED) is 0.128. The van der Waals surface area contributed by atoms with Gasteiger partial charge in [0.15, 0.2) is 0 Å². The molecule has 0 heterocycles. The number of aryl methyl sites for hydroxylation is 1. The standard InChI is InChI=1S/C33H42N4O2S/c1-6-31(38)36-40-29-12-9-11-27(22-29)26-18-14-24(15-19-26)10-8-13-30(34)37(7-2)32(39)35-23-25-16-20-28(21-17-25)33(3,4)5/h9,11-12,14-22,34H,6-8,10,13,23H2,1-5H3,(H,35,39)(H,36,38). The minimum absolute atomic E-state index is 0.0115. The number of amides is 3. The monoisotopic (exact) mass is 558 g/mol. The molecule has 0 saturated heterocycles. The second kappa shape index (κ2) is 14.7. The van der Waals surface area contributed by atoms with Crippen molar-refractivity contribution in [3.05, 3.63) is 89.5 Å². The fraction of sp³-hybridized carbons (Fsp3) is 0.364. The van der Waals surface area contributed by atoms with Crippen LogP contribution in [-0.2, 0) is 23.2 Å². The summed E-state index contributed by atoms with van der Waals surface area (Å²) in [6.45, 7) is 11.2. The van der Waals surface area contributed by atoms with E-state index >= 15 is 0 Å². The van der Waals surface area contributed by atoms with Crippen molar-refractivity contribution in [2.75, 3.05) is 6.54 Å². The van der Waals surface area contributed by atoms with E-state index in [9.17, 15) is 9.59 Å². The molecule has 0 atom stereocenters. The second-order valence-electron chi connectivity index (χ2n) is 10.9. The zero-order chi connectivity index (χ0) is 29.1. The third-order valence-electron chi connectivity index (χ3n) is 6.76. The zero-order valence-corrected chi connectivity index (χ0v) is 25.2. The lowest BCUT2D eigenvalue weighted by molar-refractivity contribution is -0.118. The van der Waals surface area contributed by atoms with Gasteiger partial charge in [-0.25, -0.2) is 4.79 Å². The lowest BCUT2D eigenvalue weighted by atomic mass is 9.87. The van der Waals surface area contributed by atoms with Crippen molar-refractivity contribution >= 4 is 29.7 Å². The van der Waals surface area contributed by atoms with Crippen LogP contribution in [0.25, 0.3) is 11.1 Å². The van der Waals surface area contributed by atoms with Crippen LogP contribution >= 0.6 is 11.9 Å². The molecule has 0 unspecified atom stereocenters. The molecule has 0 aliphatic rings. The Morgan fingerprint density at radius 3 is 2.20 bits per heavy atom. The first-order valence-corrected chi connectivity index (χ1v) is 14.8. The van der Waals surface area contributed by atoms with E-state index in [1.165, 1.54) is 28.0 Å². The predicted octanol–water partition coefficient (Wildman–Crippen LogP) is 7.72. The van der Waals surface area contributed by atoms with Crippen molar-refractivity contribution in [3.8, 4) is 11.1 Å². The van der Waals surface area contributed by atoms with E-state index in [4.69, 9.17) is 5.41 Å². The Bertz CT molecular complexity index is 1280. The van der Waals surface area contributed by atoms with Gasteiger partial charge in [-0.3, -0.25) is 19.8 Å². The van der Waals surface area contributed by atoms with Crippen LogP contribution in [0.15, 0.2) is 77.7 Å². The van der Waals surface area contributed by atoms with Gasteiger partial charge in [0.1, 0.15) is 5.84 Å². The molecule has 0 radical (unpaired) electrons. The van der Waals surface area contributed by atoms with E-state index in [-0.39, 0.29) is 17.4 Å².